The molecule has 0 unspecified atom stereocenters. The van der Waals surface area contributed by atoms with Crippen LogP contribution in [0.2, 0.25) is 0 Å². The van der Waals surface area contributed by atoms with Gasteiger partial charge in [-0.15, -0.1) is 0 Å². The highest BCUT2D eigenvalue weighted by Gasteiger charge is 2.13. The summed E-state index contributed by atoms with van der Waals surface area (Å²) in [5, 5.41) is 0. The molecule has 0 fully saturated rings. The van der Waals surface area contributed by atoms with Crippen LogP contribution in [-0.4, -0.2) is 26.3 Å². The Morgan fingerprint density at radius 2 is 1.88 bits per heavy atom. The highest BCUT2D eigenvalue weighted by Crippen LogP contribution is 2.25. The summed E-state index contributed by atoms with van der Waals surface area (Å²) < 4.78 is 15.4. The van der Waals surface area contributed by atoms with Gasteiger partial charge in [0.1, 0.15) is 17.1 Å². The summed E-state index contributed by atoms with van der Waals surface area (Å²) in [6.45, 7) is 4.81. The fourth-order valence-corrected chi connectivity index (χ4v) is 1.31. The third kappa shape index (κ3) is 2.89. The molecule has 0 saturated heterocycles. The Kier molecular flexibility index (Phi) is 4.64. The second kappa shape index (κ2) is 6.00. The van der Waals surface area contributed by atoms with Gasteiger partial charge in [-0.05, 0) is 26.0 Å². The Bertz CT molecular complexity index is 360. The zero-order valence-electron chi connectivity index (χ0n) is 9.78. The average Bonchev–Trinajstić information content (AvgIpc) is 2.29. The molecule has 4 heteroatoms. The molecule has 0 aromatic heterocycles. The Hall–Kier alpha value is -1.71. The normalized spacial score (nSPS) is 9.69. The van der Waals surface area contributed by atoms with Gasteiger partial charge in [0.25, 0.3) is 0 Å². The third-order valence-electron chi connectivity index (χ3n) is 1.97. The van der Waals surface area contributed by atoms with E-state index in [4.69, 9.17) is 9.47 Å². The Labute approximate surface area is 95.1 Å². The number of carbonyl (C=O) groups is 1. The van der Waals surface area contributed by atoms with E-state index in [1.54, 1.807) is 18.2 Å². The molecular formula is C12H16O4. The molecule has 0 heterocycles. The van der Waals surface area contributed by atoms with E-state index in [2.05, 4.69) is 4.74 Å². The van der Waals surface area contributed by atoms with E-state index < -0.39 is 5.97 Å². The lowest BCUT2D eigenvalue weighted by Gasteiger charge is -2.10. The van der Waals surface area contributed by atoms with Crippen molar-refractivity contribution in [2.75, 3.05) is 20.3 Å². The molecule has 88 valence electrons. The zero-order valence-corrected chi connectivity index (χ0v) is 9.78. The third-order valence-corrected chi connectivity index (χ3v) is 1.97. The lowest BCUT2D eigenvalue weighted by Crippen LogP contribution is -2.06. The molecule has 0 bridgehead atoms. The summed E-state index contributed by atoms with van der Waals surface area (Å²) >= 11 is 0. The van der Waals surface area contributed by atoms with E-state index in [1.165, 1.54) is 7.11 Å². The van der Waals surface area contributed by atoms with E-state index in [0.717, 1.165) is 0 Å². The first kappa shape index (κ1) is 12.4. The molecule has 4 nitrogen and oxygen atoms in total. The van der Waals surface area contributed by atoms with Gasteiger partial charge in [0.15, 0.2) is 0 Å². The van der Waals surface area contributed by atoms with Gasteiger partial charge in [0.2, 0.25) is 0 Å². The smallest absolute Gasteiger partial charge is 0.341 e. The fraction of sp³-hybridized carbons (Fsp3) is 0.417. The molecule has 0 amide bonds. The standard InChI is InChI=1S/C12H16O4/c1-4-15-9-6-7-10(12(13)14-3)11(8-9)16-5-2/h6-8H,4-5H2,1-3H3. The van der Waals surface area contributed by atoms with Crippen LogP contribution in [-0.2, 0) is 4.74 Å². The van der Waals surface area contributed by atoms with Crippen molar-refractivity contribution in [3.63, 3.8) is 0 Å². The maximum Gasteiger partial charge on any atom is 0.341 e. The van der Waals surface area contributed by atoms with Crippen molar-refractivity contribution in [3.05, 3.63) is 23.8 Å². The molecule has 0 spiro atoms. The van der Waals surface area contributed by atoms with Crippen molar-refractivity contribution in [1.29, 1.82) is 0 Å². The van der Waals surface area contributed by atoms with E-state index in [-0.39, 0.29) is 0 Å². The number of carbonyl (C=O) groups excluding carboxylic acids is 1. The van der Waals surface area contributed by atoms with Gasteiger partial charge in [-0.1, -0.05) is 0 Å². The minimum absolute atomic E-state index is 0.410. The maximum absolute atomic E-state index is 11.4. The predicted molar refractivity (Wildman–Crippen MR) is 60.1 cm³/mol. The molecule has 1 aromatic rings. The highest BCUT2D eigenvalue weighted by atomic mass is 16.5. The van der Waals surface area contributed by atoms with Gasteiger partial charge >= 0.3 is 5.97 Å². The van der Waals surface area contributed by atoms with Gasteiger partial charge in [-0.3, -0.25) is 0 Å². The van der Waals surface area contributed by atoms with Gasteiger partial charge in [-0.2, -0.15) is 0 Å². The van der Waals surface area contributed by atoms with Crippen LogP contribution >= 0.6 is 0 Å². The zero-order chi connectivity index (χ0) is 12.0. The molecule has 0 aliphatic carbocycles. The van der Waals surface area contributed by atoms with Crippen molar-refractivity contribution < 1.29 is 19.0 Å². The molecule has 0 aliphatic heterocycles. The van der Waals surface area contributed by atoms with Crippen LogP contribution in [0.25, 0.3) is 0 Å². The summed E-state index contributed by atoms with van der Waals surface area (Å²) in [6.07, 6.45) is 0. The summed E-state index contributed by atoms with van der Waals surface area (Å²) in [5.41, 5.74) is 0.410. The maximum atomic E-state index is 11.4. The number of benzene rings is 1. The first-order valence-electron chi connectivity index (χ1n) is 5.20. The largest absolute Gasteiger partial charge is 0.494 e. The molecular weight excluding hydrogens is 208 g/mol. The molecule has 0 saturated carbocycles. The summed E-state index contributed by atoms with van der Waals surface area (Å²) in [5.74, 6) is 0.755. The van der Waals surface area contributed by atoms with E-state index >= 15 is 0 Å². The van der Waals surface area contributed by atoms with Crippen LogP contribution in [0.1, 0.15) is 24.2 Å². The molecule has 16 heavy (non-hydrogen) atoms. The second-order valence-electron chi connectivity index (χ2n) is 3.02. The molecule has 1 aromatic carbocycles. The Morgan fingerprint density at radius 3 is 2.44 bits per heavy atom. The van der Waals surface area contributed by atoms with Gasteiger partial charge in [0.05, 0.1) is 20.3 Å². The summed E-state index contributed by atoms with van der Waals surface area (Å²) in [7, 11) is 1.34. The predicted octanol–water partition coefficient (Wildman–Crippen LogP) is 2.27. The van der Waals surface area contributed by atoms with Gasteiger partial charge < -0.3 is 14.2 Å². The molecule has 0 aliphatic rings. The van der Waals surface area contributed by atoms with Crippen molar-refractivity contribution >= 4 is 5.97 Å². The second-order valence-corrected chi connectivity index (χ2v) is 3.02. The fourth-order valence-electron chi connectivity index (χ4n) is 1.31. The SMILES string of the molecule is CCOc1ccc(C(=O)OC)c(OCC)c1. The average molecular weight is 224 g/mol. The molecule has 0 radical (unpaired) electrons. The first-order valence-corrected chi connectivity index (χ1v) is 5.20. The number of ether oxygens (including phenoxy) is 3. The van der Waals surface area contributed by atoms with Gasteiger partial charge in [0, 0.05) is 6.07 Å². The van der Waals surface area contributed by atoms with Crippen LogP contribution in [0.4, 0.5) is 0 Å². The highest BCUT2D eigenvalue weighted by molar-refractivity contribution is 5.92. The van der Waals surface area contributed by atoms with Crippen molar-refractivity contribution in [1.82, 2.24) is 0 Å². The lowest BCUT2D eigenvalue weighted by atomic mass is 10.2. The Morgan fingerprint density at radius 1 is 1.19 bits per heavy atom. The molecule has 0 atom stereocenters. The Balaban J connectivity index is 3.03. The number of rotatable bonds is 5. The van der Waals surface area contributed by atoms with Gasteiger partial charge in [-0.25, -0.2) is 4.79 Å². The number of hydrogen-bond acceptors (Lipinski definition) is 4. The first-order chi connectivity index (χ1) is 7.72. The lowest BCUT2D eigenvalue weighted by molar-refractivity contribution is 0.0596. The molecule has 1 rings (SSSR count). The van der Waals surface area contributed by atoms with E-state index in [1.807, 2.05) is 13.8 Å². The quantitative estimate of drug-likeness (QED) is 0.720. The summed E-state index contributed by atoms with van der Waals surface area (Å²) in [6, 6.07) is 5.05. The van der Waals surface area contributed by atoms with Crippen LogP contribution in [0, 0.1) is 0 Å². The van der Waals surface area contributed by atoms with E-state index in [0.29, 0.717) is 30.3 Å². The monoisotopic (exact) mass is 224 g/mol. The number of hydrogen-bond donors (Lipinski definition) is 0. The summed E-state index contributed by atoms with van der Waals surface area (Å²) in [4.78, 5) is 11.4. The number of esters is 1. The topological polar surface area (TPSA) is 44.8 Å². The van der Waals surface area contributed by atoms with Crippen LogP contribution in [0.15, 0.2) is 18.2 Å². The minimum atomic E-state index is -0.411. The van der Waals surface area contributed by atoms with Crippen LogP contribution in [0.5, 0.6) is 11.5 Å². The van der Waals surface area contributed by atoms with E-state index in [9.17, 15) is 4.79 Å². The van der Waals surface area contributed by atoms with Crippen LogP contribution in [0.3, 0.4) is 0 Å². The van der Waals surface area contributed by atoms with Crippen molar-refractivity contribution in [3.8, 4) is 11.5 Å². The minimum Gasteiger partial charge on any atom is -0.494 e. The van der Waals surface area contributed by atoms with Crippen LogP contribution < -0.4 is 9.47 Å². The van der Waals surface area contributed by atoms with Crippen molar-refractivity contribution in [2.24, 2.45) is 0 Å². The van der Waals surface area contributed by atoms with Crippen molar-refractivity contribution in [2.45, 2.75) is 13.8 Å². The number of methoxy groups -OCH3 is 1. The molecule has 0 N–H and O–H groups in total.